The molecule has 5 rings (SSSR count). The molecule has 29 heavy (non-hydrogen) atoms. The zero-order valence-electron chi connectivity index (χ0n) is 16.3. The Bertz CT molecular complexity index is 986. The van der Waals surface area contributed by atoms with Gasteiger partial charge in [0.1, 0.15) is 0 Å². The van der Waals surface area contributed by atoms with Crippen molar-refractivity contribution in [1.82, 2.24) is 19.8 Å². The second-order valence-corrected chi connectivity index (χ2v) is 9.35. The highest BCUT2D eigenvalue weighted by Gasteiger charge is 2.42. The van der Waals surface area contributed by atoms with Crippen LogP contribution in [0.2, 0.25) is 0 Å². The van der Waals surface area contributed by atoms with Crippen molar-refractivity contribution in [1.29, 1.82) is 0 Å². The third-order valence-corrected chi connectivity index (χ3v) is 7.31. The van der Waals surface area contributed by atoms with E-state index in [9.17, 15) is 9.90 Å². The monoisotopic (exact) mass is 410 g/mol. The summed E-state index contributed by atoms with van der Waals surface area (Å²) < 4.78 is 2.15. The molecule has 152 valence electrons. The van der Waals surface area contributed by atoms with Gasteiger partial charge in [-0.1, -0.05) is 18.2 Å². The predicted octanol–water partition coefficient (Wildman–Crippen LogP) is 2.66. The van der Waals surface area contributed by atoms with Gasteiger partial charge in [-0.05, 0) is 48.3 Å². The average Bonchev–Trinajstić information content (AvgIpc) is 3.45. The van der Waals surface area contributed by atoms with Gasteiger partial charge in [-0.15, -0.1) is 11.3 Å². The first-order valence-corrected chi connectivity index (χ1v) is 11.2. The summed E-state index contributed by atoms with van der Waals surface area (Å²) in [6.07, 6.45) is 3.21. The van der Waals surface area contributed by atoms with Crippen LogP contribution in [-0.2, 0) is 11.3 Å². The number of carbonyl (C=O) groups is 1. The Balaban J connectivity index is 1.21. The van der Waals surface area contributed by atoms with Crippen molar-refractivity contribution in [2.45, 2.75) is 31.5 Å². The zero-order valence-corrected chi connectivity index (χ0v) is 17.1. The molecule has 7 heteroatoms. The summed E-state index contributed by atoms with van der Waals surface area (Å²) in [6, 6.07) is 12.2. The minimum atomic E-state index is -0.374. The van der Waals surface area contributed by atoms with Gasteiger partial charge in [-0.25, -0.2) is 4.98 Å². The molecule has 0 radical (unpaired) electrons. The van der Waals surface area contributed by atoms with E-state index < -0.39 is 0 Å². The lowest BCUT2D eigenvalue weighted by molar-refractivity contribution is -0.122. The summed E-state index contributed by atoms with van der Waals surface area (Å²) in [7, 11) is 0. The van der Waals surface area contributed by atoms with Crippen molar-refractivity contribution >= 4 is 28.3 Å². The molecular weight excluding hydrogens is 384 g/mol. The van der Waals surface area contributed by atoms with Crippen molar-refractivity contribution in [2.24, 2.45) is 11.8 Å². The SMILES string of the molecule is O=C(CN1C[C@H]2C[C@@H](n3cnc4ccccc43)[C@H](O)C[C@H]2C1)NCc1cccs1. The number of nitrogens with zero attached hydrogens (tertiary/aromatic N) is 3. The van der Waals surface area contributed by atoms with Crippen molar-refractivity contribution in [3.05, 3.63) is 53.0 Å². The van der Waals surface area contributed by atoms with Crippen LogP contribution in [0.5, 0.6) is 0 Å². The average molecular weight is 411 g/mol. The molecule has 1 aliphatic heterocycles. The van der Waals surface area contributed by atoms with Gasteiger partial charge in [0.25, 0.3) is 0 Å². The van der Waals surface area contributed by atoms with Gasteiger partial charge < -0.3 is 15.0 Å². The molecule has 4 atom stereocenters. The van der Waals surface area contributed by atoms with Gasteiger partial charge in [0.15, 0.2) is 0 Å². The number of likely N-dealkylation sites (tertiary alicyclic amines) is 1. The van der Waals surface area contributed by atoms with Crippen LogP contribution >= 0.6 is 11.3 Å². The van der Waals surface area contributed by atoms with E-state index in [4.69, 9.17) is 0 Å². The van der Waals surface area contributed by atoms with Crippen LogP contribution in [0.1, 0.15) is 23.8 Å². The second kappa shape index (κ2) is 7.89. The minimum absolute atomic E-state index is 0.0521. The van der Waals surface area contributed by atoms with Gasteiger partial charge in [0, 0.05) is 18.0 Å². The van der Waals surface area contributed by atoms with Crippen LogP contribution in [-0.4, -0.2) is 51.2 Å². The van der Waals surface area contributed by atoms with Gasteiger partial charge in [-0.3, -0.25) is 9.69 Å². The molecule has 0 unspecified atom stereocenters. The third kappa shape index (κ3) is 3.82. The molecule has 6 nitrogen and oxygen atoms in total. The Hall–Kier alpha value is -2.22. The number of fused-ring (bicyclic) bond motifs is 2. The molecule has 1 amide bonds. The molecule has 2 fully saturated rings. The largest absolute Gasteiger partial charge is 0.391 e. The van der Waals surface area contributed by atoms with Crippen molar-refractivity contribution < 1.29 is 9.90 Å². The minimum Gasteiger partial charge on any atom is -0.391 e. The Labute approximate surface area is 174 Å². The van der Waals surface area contributed by atoms with Crippen LogP contribution in [0.15, 0.2) is 48.1 Å². The predicted molar refractivity (Wildman–Crippen MR) is 114 cm³/mol. The molecule has 2 aromatic heterocycles. The third-order valence-electron chi connectivity index (χ3n) is 6.43. The first kappa shape index (κ1) is 18.8. The Morgan fingerprint density at radius 2 is 2.00 bits per heavy atom. The number of hydrogen-bond acceptors (Lipinski definition) is 5. The number of nitrogens with one attached hydrogen (secondary N) is 1. The highest BCUT2D eigenvalue weighted by atomic mass is 32.1. The highest BCUT2D eigenvalue weighted by Crippen LogP contribution is 2.42. The first-order chi connectivity index (χ1) is 14.2. The maximum atomic E-state index is 12.4. The number of para-hydroxylation sites is 2. The number of hydrogen-bond donors (Lipinski definition) is 2. The number of carbonyl (C=O) groups excluding carboxylic acids is 1. The number of rotatable bonds is 5. The number of thiophene rings is 1. The molecule has 1 aromatic carbocycles. The van der Waals surface area contributed by atoms with Crippen molar-refractivity contribution in [3.8, 4) is 0 Å². The Morgan fingerprint density at radius 1 is 1.17 bits per heavy atom. The molecule has 1 saturated heterocycles. The molecular formula is C22H26N4O2S. The molecule has 3 heterocycles. The second-order valence-electron chi connectivity index (χ2n) is 8.32. The Morgan fingerprint density at radius 3 is 2.83 bits per heavy atom. The number of imidazole rings is 1. The number of aromatic nitrogens is 2. The van der Waals surface area contributed by atoms with Gasteiger partial charge >= 0.3 is 0 Å². The normalized spacial score (nSPS) is 27.2. The topological polar surface area (TPSA) is 70.4 Å². The number of benzene rings is 1. The van der Waals surface area contributed by atoms with E-state index in [-0.39, 0.29) is 18.1 Å². The summed E-state index contributed by atoms with van der Waals surface area (Å²) in [5.41, 5.74) is 2.05. The van der Waals surface area contributed by atoms with E-state index in [1.54, 1.807) is 11.3 Å². The molecule has 3 aromatic rings. The molecule has 0 spiro atoms. The molecule has 1 saturated carbocycles. The maximum Gasteiger partial charge on any atom is 0.234 e. The van der Waals surface area contributed by atoms with Gasteiger partial charge in [0.05, 0.1) is 42.6 Å². The van der Waals surface area contributed by atoms with Crippen LogP contribution < -0.4 is 5.32 Å². The van der Waals surface area contributed by atoms with Crippen LogP contribution in [0.25, 0.3) is 11.0 Å². The fourth-order valence-corrected chi connectivity index (χ4v) is 5.68. The van der Waals surface area contributed by atoms with Crippen LogP contribution in [0, 0.1) is 11.8 Å². The fourth-order valence-electron chi connectivity index (χ4n) is 5.03. The lowest BCUT2D eigenvalue weighted by Crippen LogP contribution is -2.36. The van der Waals surface area contributed by atoms with Gasteiger partial charge in [-0.2, -0.15) is 0 Å². The van der Waals surface area contributed by atoms with Crippen molar-refractivity contribution in [2.75, 3.05) is 19.6 Å². The number of amides is 1. The summed E-state index contributed by atoms with van der Waals surface area (Å²) in [6.45, 7) is 2.86. The van der Waals surface area contributed by atoms with Crippen LogP contribution in [0.4, 0.5) is 0 Å². The van der Waals surface area contributed by atoms with E-state index in [0.29, 0.717) is 24.9 Å². The molecule has 2 N–H and O–H groups in total. The first-order valence-electron chi connectivity index (χ1n) is 10.3. The van der Waals surface area contributed by atoms with Gasteiger partial charge in [0.2, 0.25) is 5.91 Å². The lowest BCUT2D eigenvalue weighted by Gasteiger charge is -2.36. The van der Waals surface area contributed by atoms with E-state index in [1.165, 1.54) is 4.88 Å². The van der Waals surface area contributed by atoms with Crippen LogP contribution in [0.3, 0.4) is 0 Å². The molecule has 1 aliphatic carbocycles. The summed E-state index contributed by atoms with van der Waals surface area (Å²) in [4.78, 5) is 20.3. The summed E-state index contributed by atoms with van der Waals surface area (Å²) >= 11 is 1.66. The zero-order chi connectivity index (χ0) is 19.8. The van der Waals surface area contributed by atoms with E-state index in [1.807, 2.05) is 42.0 Å². The quantitative estimate of drug-likeness (QED) is 0.679. The number of aliphatic hydroxyl groups is 1. The lowest BCUT2D eigenvalue weighted by atomic mass is 9.77. The molecule has 0 bridgehead atoms. The van der Waals surface area contributed by atoms with E-state index in [0.717, 1.165) is 37.0 Å². The van der Waals surface area contributed by atoms with E-state index >= 15 is 0 Å². The smallest absolute Gasteiger partial charge is 0.234 e. The molecule has 2 aliphatic rings. The van der Waals surface area contributed by atoms with E-state index in [2.05, 4.69) is 25.8 Å². The number of aliphatic hydroxyl groups excluding tert-OH is 1. The Kier molecular flexibility index (Phi) is 5.11. The maximum absolute atomic E-state index is 12.4. The standard InChI is InChI=1S/C22H26N4O2S/c27-21-9-16-12-25(13-22(28)23-10-17-4-3-7-29-17)11-15(16)8-20(21)26-14-24-18-5-1-2-6-19(18)26/h1-7,14-16,20-21,27H,8-13H2,(H,23,28)/t15-,16+,20-,21-/m1/s1. The highest BCUT2D eigenvalue weighted by molar-refractivity contribution is 7.09. The summed E-state index contributed by atoms with van der Waals surface area (Å²) in [5, 5.41) is 15.9. The summed E-state index contributed by atoms with van der Waals surface area (Å²) in [5.74, 6) is 1.05. The fraction of sp³-hybridized carbons (Fsp3) is 0.455. The van der Waals surface area contributed by atoms with Crippen molar-refractivity contribution in [3.63, 3.8) is 0 Å².